The minimum Gasteiger partial charge on any atom is -0.341 e. The lowest BCUT2D eigenvalue weighted by Crippen LogP contribution is -2.49. The van der Waals surface area contributed by atoms with Crippen molar-refractivity contribution in [1.82, 2.24) is 4.98 Å². The Labute approximate surface area is 103 Å². The van der Waals surface area contributed by atoms with Gasteiger partial charge in [0.25, 0.3) is 0 Å². The Morgan fingerprint density at radius 2 is 2.47 bits per heavy atom. The van der Waals surface area contributed by atoms with Crippen molar-refractivity contribution in [3.8, 4) is 0 Å². The Hall–Kier alpha value is -0.130. The summed E-state index contributed by atoms with van der Waals surface area (Å²) in [5, 5.41) is 3.13. The van der Waals surface area contributed by atoms with Crippen LogP contribution in [-0.4, -0.2) is 23.6 Å². The van der Waals surface area contributed by atoms with Crippen molar-refractivity contribution >= 4 is 32.4 Å². The van der Waals surface area contributed by atoms with E-state index in [0.717, 1.165) is 16.3 Å². The first-order valence-electron chi connectivity index (χ1n) is 5.32. The van der Waals surface area contributed by atoms with E-state index < -0.39 is 0 Å². The van der Waals surface area contributed by atoms with E-state index in [0.29, 0.717) is 12.1 Å². The molecule has 5 heteroatoms. The minimum atomic E-state index is 0.465. The molecule has 0 bridgehead atoms. The number of nitrogens with two attached hydrogens (primary N) is 1. The maximum atomic E-state index is 5.82. The number of nitrogens with zero attached hydrogens (tertiary/aromatic N) is 2. The molecule has 0 radical (unpaired) electrons. The first-order chi connectivity index (χ1) is 7.22. The Bertz CT molecular complexity index is 328. The zero-order valence-electron chi connectivity index (χ0n) is 8.82. The molecular weight excluding hydrogens is 274 g/mol. The second kappa shape index (κ2) is 4.80. The third-order valence-corrected chi connectivity index (χ3v) is 4.55. The summed E-state index contributed by atoms with van der Waals surface area (Å²) in [5.74, 6) is 0. The van der Waals surface area contributed by atoms with E-state index in [-0.39, 0.29) is 0 Å². The molecule has 2 rings (SSSR count). The zero-order chi connectivity index (χ0) is 10.8. The van der Waals surface area contributed by atoms with E-state index >= 15 is 0 Å². The normalized spacial score (nSPS) is 27.0. The van der Waals surface area contributed by atoms with E-state index in [1.807, 2.05) is 5.38 Å². The third kappa shape index (κ3) is 2.34. The van der Waals surface area contributed by atoms with Gasteiger partial charge in [-0.2, -0.15) is 0 Å². The van der Waals surface area contributed by atoms with Crippen molar-refractivity contribution in [1.29, 1.82) is 0 Å². The van der Waals surface area contributed by atoms with Crippen LogP contribution in [0.1, 0.15) is 26.2 Å². The minimum absolute atomic E-state index is 0.465. The molecular formula is C10H16BrN3S. The molecule has 1 aromatic rings. The van der Waals surface area contributed by atoms with Crippen molar-refractivity contribution in [2.75, 3.05) is 11.4 Å². The second-order valence-electron chi connectivity index (χ2n) is 4.03. The van der Waals surface area contributed by atoms with Crippen LogP contribution < -0.4 is 10.6 Å². The largest absolute Gasteiger partial charge is 0.341 e. The highest BCUT2D eigenvalue weighted by molar-refractivity contribution is 9.10. The van der Waals surface area contributed by atoms with Gasteiger partial charge in [-0.25, -0.2) is 4.98 Å². The van der Waals surface area contributed by atoms with Gasteiger partial charge in [0.1, 0.15) is 4.60 Å². The summed E-state index contributed by atoms with van der Waals surface area (Å²) in [4.78, 5) is 6.88. The van der Waals surface area contributed by atoms with Crippen LogP contribution in [-0.2, 0) is 0 Å². The number of hydrogen-bond donors (Lipinski definition) is 1. The van der Waals surface area contributed by atoms with Crippen LogP contribution >= 0.6 is 27.3 Å². The van der Waals surface area contributed by atoms with E-state index in [1.54, 1.807) is 11.3 Å². The van der Waals surface area contributed by atoms with E-state index in [2.05, 4.69) is 32.7 Å². The lowest BCUT2D eigenvalue weighted by atomic mass is 9.97. The Morgan fingerprint density at radius 1 is 1.67 bits per heavy atom. The van der Waals surface area contributed by atoms with E-state index in [9.17, 15) is 0 Å². The van der Waals surface area contributed by atoms with Crippen LogP contribution in [0, 0.1) is 0 Å². The summed E-state index contributed by atoms with van der Waals surface area (Å²) in [6, 6.07) is 1.03. The van der Waals surface area contributed by atoms with Gasteiger partial charge in [-0.1, -0.05) is 0 Å². The predicted molar refractivity (Wildman–Crippen MR) is 68.4 cm³/mol. The molecule has 2 heterocycles. The summed E-state index contributed by atoms with van der Waals surface area (Å²) in [5.41, 5.74) is 5.82. The smallest absolute Gasteiger partial charge is 0.186 e. The summed E-state index contributed by atoms with van der Waals surface area (Å²) < 4.78 is 0.927. The summed E-state index contributed by atoms with van der Waals surface area (Å²) in [6.45, 7) is 2.98. The standard InChI is InChI=1S/C10H16BrN3S/c1-7-3-2-4-8(5-12)14(7)10-13-9(11)6-15-10/h6-8H,2-5,12H2,1H3. The van der Waals surface area contributed by atoms with E-state index in [4.69, 9.17) is 5.73 Å². The number of halogens is 1. The summed E-state index contributed by atoms with van der Waals surface area (Å²) in [7, 11) is 0. The van der Waals surface area contributed by atoms with Crippen LogP contribution in [0.4, 0.5) is 5.13 Å². The van der Waals surface area contributed by atoms with Gasteiger partial charge in [-0.15, -0.1) is 11.3 Å². The third-order valence-electron chi connectivity index (χ3n) is 2.98. The SMILES string of the molecule is CC1CCCC(CN)N1c1nc(Br)cs1. The number of rotatable bonds is 2. The summed E-state index contributed by atoms with van der Waals surface area (Å²) >= 11 is 5.09. The summed E-state index contributed by atoms with van der Waals surface area (Å²) in [6.07, 6.45) is 3.72. The Balaban J connectivity index is 2.22. The molecule has 0 spiro atoms. The van der Waals surface area contributed by atoms with Gasteiger partial charge in [-0.3, -0.25) is 0 Å². The first-order valence-corrected chi connectivity index (χ1v) is 6.99. The lowest BCUT2D eigenvalue weighted by Gasteiger charge is -2.40. The molecule has 0 saturated carbocycles. The fourth-order valence-electron chi connectivity index (χ4n) is 2.23. The molecule has 2 N–H and O–H groups in total. The average Bonchev–Trinajstić information content (AvgIpc) is 2.64. The Kier molecular flexibility index (Phi) is 3.64. The van der Waals surface area contributed by atoms with Gasteiger partial charge in [0.2, 0.25) is 0 Å². The monoisotopic (exact) mass is 289 g/mol. The van der Waals surface area contributed by atoms with Gasteiger partial charge >= 0.3 is 0 Å². The topological polar surface area (TPSA) is 42.1 Å². The van der Waals surface area contributed by atoms with Gasteiger partial charge in [0, 0.05) is 24.0 Å². The predicted octanol–water partition coefficient (Wildman–Crippen LogP) is 2.61. The highest BCUT2D eigenvalue weighted by atomic mass is 79.9. The highest BCUT2D eigenvalue weighted by Gasteiger charge is 2.28. The molecule has 1 fully saturated rings. The highest BCUT2D eigenvalue weighted by Crippen LogP contribution is 2.32. The molecule has 1 aliphatic rings. The molecule has 2 unspecified atom stereocenters. The van der Waals surface area contributed by atoms with Gasteiger partial charge in [0.05, 0.1) is 0 Å². The van der Waals surface area contributed by atoms with Gasteiger partial charge < -0.3 is 10.6 Å². The maximum absolute atomic E-state index is 5.82. The fraction of sp³-hybridized carbons (Fsp3) is 0.700. The molecule has 84 valence electrons. The molecule has 0 aliphatic carbocycles. The molecule has 1 saturated heterocycles. The van der Waals surface area contributed by atoms with Crippen LogP contribution in [0.5, 0.6) is 0 Å². The number of hydrogen-bond acceptors (Lipinski definition) is 4. The molecule has 0 aromatic carbocycles. The molecule has 1 aromatic heterocycles. The molecule has 2 atom stereocenters. The molecule has 0 amide bonds. The van der Waals surface area contributed by atoms with Crippen LogP contribution in [0.15, 0.2) is 9.98 Å². The van der Waals surface area contributed by atoms with Gasteiger partial charge in [-0.05, 0) is 42.1 Å². The van der Waals surface area contributed by atoms with Crippen molar-refractivity contribution < 1.29 is 0 Å². The quantitative estimate of drug-likeness (QED) is 0.910. The van der Waals surface area contributed by atoms with Crippen molar-refractivity contribution in [2.45, 2.75) is 38.3 Å². The molecule has 15 heavy (non-hydrogen) atoms. The number of piperidine rings is 1. The second-order valence-corrected chi connectivity index (χ2v) is 5.68. The fourth-order valence-corrected chi connectivity index (χ4v) is 3.65. The Morgan fingerprint density at radius 3 is 3.07 bits per heavy atom. The maximum Gasteiger partial charge on any atom is 0.186 e. The van der Waals surface area contributed by atoms with E-state index in [1.165, 1.54) is 19.3 Å². The molecule has 1 aliphatic heterocycles. The van der Waals surface area contributed by atoms with Crippen LogP contribution in [0.2, 0.25) is 0 Å². The number of aromatic nitrogens is 1. The van der Waals surface area contributed by atoms with Crippen LogP contribution in [0.25, 0.3) is 0 Å². The van der Waals surface area contributed by atoms with Crippen LogP contribution in [0.3, 0.4) is 0 Å². The average molecular weight is 290 g/mol. The number of anilines is 1. The lowest BCUT2D eigenvalue weighted by molar-refractivity contribution is 0.400. The van der Waals surface area contributed by atoms with Gasteiger partial charge in [0.15, 0.2) is 5.13 Å². The molecule has 3 nitrogen and oxygen atoms in total. The first kappa shape index (κ1) is 11.4. The van der Waals surface area contributed by atoms with Crippen molar-refractivity contribution in [3.63, 3.8) is 0 Å². The van der Waals surface area contributed by atoms with Crippen molar-refractivity contribution in [3.05, 3.63) is 9.98 Å². The number of thiazole rings is 1. The van der Waals surface area contributed by atoms with Crippen molar-refractivity contribution in [2.24, 2.45) is 5.73 Å². The zero-order valence-corrected chi connectivity index (χ0v) is 11.2.